The van der Waals surface area contributed by atoms with Gasteiger partial charge in [-0.1, -0.05) is 18.2 Å². The van der Waals surface area contributed by atoms with E-state index in [1.165, 1.54) is 12.3 Å². The molecule has 2 aromatic heterocycles. The molecule has 0 unspecified atom stereocenters. The molecular formula is C19H16F3N3O2. The minimum absolute atomic E-state index is 0.0864. The van der Waals surface area contributed by atoms with Crippen molar-refractivity contribution in [3.63, 3.8) is 0 Å². The van der Waals surface area contributed by atoms with Crippen LogP contribution in [-0.4, -0.2) is 40.0 Å². The molecular weight excluding hydrogens is 359 g/mol. The molecule has 0 bridgehead atoms. The monoisotopic (exact) mass is 375 g/mol. The molecule has 1 fully saturated rings. The Morgan fingerprint density at radius 1 is 1.22 bits per heavy atom. The number of nitrogens with one attached hydrogen (secondary N) is 1. The van der Waals surface area contributed by atoms with Gasteiger partial charge >= 0.3 is 6.18 Å². The van der Waals surface area contributed by atoms with Gasteiger partial charge in [0.2, 0.25) is 11.8 Å². The Morgan fingerprint density at radius 2 is 2.00 bits per heavy atom. The van der Waals surface area contributed by atoms with E-state index in [1.807, 2.05) is 24.3 Å². The maximum absolute atomic E-state index is 13.0. The van der Waals surface area contributed by atoms with Crippen LogP contribution in [0.15, 0.2) is 48.8 Å². The highest BCUT2D eigenvalue weighted by atomic mass is 19.4. The van der Waals surface area contributed by atoms with E-state index in [1.54, 1.807) is 11.1 Å². The largest absolute Gasteiger partial charge is 0.470 e. The molecule has 1 aliphatic heterocycles. The molecule has 140 valence electrons. The second kappa shape index (κ2) is 6.61. The van der Waals surface area contributed by atoms with Crippen LogP contribution in [0.5, 0.6) is 5.88 Å². The van der Waals surface area contributed by atoms with Gasteiger partial charge in [-0.15, -0.1) is 0 Å². The first kappa shape index (κ1) is 17.4. The summed E-state index contributed by atoms with van der Waals surface area (Å²) < 4.78 is 44.3. The fraction of sp³-hybridized carbons (Fsp3) is 0.263. The number of alkyl halides is 3. The molecule has 1 amide bonds. The average Bonchev–Trinajstić information content (AvgIpc) is 3.00. The van der Waals surface area contributed by atoms with Crippen molar-refractivity contribution in [3.05, 3.63) is 59.9 Å². The summed E-state index contributed by atoms with van der Waals surface area (Å²) in [5.41, 5.74) is 0.942. The van der Waals surface area contributed by atoms with E-state index in [9.17, 15) is 18.0 Å². The number of halogens is 3. The summed E-state index contributed by atoms with van der Waals surface area (Å²) in [5.74, 6) is -0.532. The number of rotatable bonds is 4. The SMILES string of the molecule is O=C(Cc1c[nH]c2ccccc12)N1CC(Oc2ncccc2C(F)(F)F)C1. The zero-order valence-corrected chi connectivity index (χ0v) is 14.2. The maximum Gasteiger partial charge on any atom is 0.421 e. The third kappa shape index (κ3) is 3.47. The van der Waals surface area contributed by atoms with E-state index >= 15 is 0 Å². The molecule has 1 N–H and O–H groups in total. The van der Waals surface area contributed by atoms with E-state index in [-0.39, 0.29) is 25.4 Å². The van der Waals surface area contributed by atoms with Gasteiger partial charge in [-0.2, -0.15) is 13.2 Å². The van der Waals surface area contributed by atoms with E-state index in [0.717, 1.165) is 22.5 Å². The van der Waals surface area contributed by atoms with E-state index in [0.29, 0.717) is 0 Å². The summed E-state index contributed by atoms with van der Waals surface area (Å²) in [6.45, 7) is 0.490. The van der Waals surface area contributed by atoms with Gasteiger partial charge in [0.1, 0.15) is 11.7 Å². The van der Waals surface area contributed by atoms with Crippen LogP contribution >= 0.6 is 0 Å². The number of hydrogen-bond acceptors (Lipinski definition) is 3. The third-order valence-electron chi connectivity index (χ3n) is 4.57. The lowest BCUT2D eigenvalue weighted by Gasteiger charge is -2.39. The lowest BCUT2D eigenvalue weighted by atomic mass is 10.1. The lowest BCUT2D eigenvalue weighted by Crippen LogP contribution is -2.56. The van der Waals surface area contributed by atoms with Crippen LogP contribution in [0.25, 0.3) is 10.9 Å². The quantitative estimate of drug-likeness (QED) is 0.760. The first-order valence-corrected chi connectivity index (χ1v) is 8.43. The molecule has 0 spiro atoms. The molecule has 1 saturated heterocycles. The minimum Gasteiger partial charge on any atom is -0.470 e. The predicted octanol–water partition coefficient (Wildman–Crippen LogP) is 3.41. The number of aromatic nitrogens is 2. The van der Waals surface area contributed by atoms with Gasteiger partial charge in [0.05, 0.1) is 19.5 Å². The van der Waals surface area contributed by atoms with Crippen LogP contribution < -0.4 is 4.74 Å². The molecule has 27 heavy (non-hydrogen) atoms. The first-order chi connectivity index (χ1) is 12.9. The number of H-pyrrole nitrogens is 1. The van der Waals surface area contributed by atoms with Gasteiger partial charge in [-0.3, -0.25) is 4.79 Å². The number of nitrogens with zero attached hydrogens (tertiary/aromatic N) is 2. The minimum atomic E-state index is -4.53. The Balaban J connectivity index is 1.37. The van der Waals surface area contributed by atoms with Crippen molar-refractivity contribution < 1.29 is 22.7 Å². The zero-order chi connectivity index (χ0) is 19.0. The number of likely N-dealkylation sites (tertiary alicyclic amines) is 1. The zero-order valence-electron chi connectivity index (χ0n) is 14.2. The summed E-state index contributed by atoms with van der Waals surface area (Å²) in [4.78, 5) is 20.8. The number of para-hydroxylation sites is 1. The highest BCUT2D eigenvalue weighted by molar-refractivity contribution is 5.89. The van der Waals surface area contributed by atoms with Crippen molar-refractivity contribution in [3.8, 4) is 5.88 Å². The second-order valence-electron chi connectivity index (χ2n) is 6.43. The van der Waals surface area contributed by atoms with Gasteiger partial charge in [0.15, 0.2) is 0 Å². The van der Waals surface area contributed by atoms with Gasteiger partial charge in [0, 0.05) is 23.3 Å². The molecule has 0 aliphatic carbocycles. The Bertz CT molecular complexity index is 977. The number of amides is 1. The second-order valence-corrected chi connectivity index (χ2v) is 6.43. The molecule has 8 heteroatoms. The summed E-state index contributed by atoms with van der Waals surface area (Å²) in [5, 5.41) is 0.988. The summed E-state index contributed by atoms with van der Waals surface area (Å²) in [6.07, 6.45) is -1.73. The number of ether oxygens (including phenoxy) is 1. The van der Waals surface area contributed by atoms with Crippen molar-refractivity contribution in [1.82, 2.24) is 14.9 Å². The average molecular weight is 375 g/mol. The Kier molecular flexibility index (Phi) is 4.25. The van der Waals surface area contributed by atoms with Gasteiger partial charge in [-0.25, -0.2) is 4.98 Å². The van der Waals surface area contributed by atoms with Gasteiger partial charge in [0.25, 0.3) is 0 Å². The van der Waals surface area contributed by atoms with Crippen molar-refractivity contribution in [2.75, 3.05) is 13.1 Å². The van der Waals surface area contributed by atoms with Crippen LogP contribution in [-0.2, 0) is 17.4 Å². The molecule has 5 nitrogen and oxygen atoms in total. The Hall–Kier alpha value is -3.03. The number of aromatic amines is 1. The Morgan fingerprint density at radius 3 is 2.78 bits per heavy atom. The Labute approximate surface area is 152 Å². The topological polar surface area (TPSA) is 58.2 Å². The van der Waals surface area contributed by atoms with E-state index in [2.05, 4.69) is 9.97 Å². The molecule has 4 rings (SSSR count). The number of hydrogen-bond donors (Lipinski definition) is 1. The first-order valence-electron chi connectivity index (χ1n) is 8.43. The van der Waals surface area contributed by atoms with E-state index < -0.39 is 23.7 Å². The van der Waals surface area contributed by atoms with Crippen molar-refractivity contribution in [2.45, 2.75) is 18.7 Å². The number of carbonyl (C=O) groups excluding carboxylic acids is 1. The maximum atomic E-state index is 13.0. The summed E-state index contributed by atoms with van der Waals surface area (Å²) in [6, 6.07) is 9.84. The predicted molar refractivity (Wildman–Crippen MR) is 92.2 cm³/mol. The number of fused-ring (bicyclic) bond motifs is 1. The summed E-state index contributed by atoms with van der Waals surface area (Å²) in [7, 11) is 0. The number of carbonyl (C=O) groups is 1. The van der Waals surface area contributed by atoms with Crippen LogP contribution in [0.3, 0.4) is 0 Å². The van der Waals surface area contributed by atoms with E-state index in [4.69, 9.17) is 4.74 Å². The van der Waals surface area contributed by atoms with Crippen LogP contribution in [0.4, 0.5) is 13.2 Å². The molecule has 0 radical (unpaired) electrons. The molecule has 3 aromatic rings. The standard InChI is InChI=1S/C19H16F3N3O2/c20-19(21,22)15-5-3-7-23-18(15)27-13-10-25(11-13)17(26)8-12-9-24-16-6-2-1-4-14(12)16/h1-7,9,13,24H,8,10-11H2. The fourth-order valence-corrected chi connectivity index (χ4v) is 3.13. The normalized spacial score (nSPS) is 15.0. The van der Waals surface area contributed by atoms with Gasteiger partial charge < -0.3 is 14.6 Å². The van der Waals surface area contributed by atoms with Gasteiger partial charge in [-0.05, 0) is 23.8 Å². The van der Waals surface area contributed by atoms with Crippen molar-refractivity contribution >= 4 is 16.8 Å². The van der Waals surface area contributed by atoms with Crippen LogP contribution in [0, 0.1) is 0 Å². The molecule has 1 aliphatic rings. The fourth-order valence-electron chi connectivity index (χ4n) is 3.13. The molecule has 1 aromatic carbocycles. The lowest BCUT2D eigenvalue weighted by molar-refractivity contribution is -0.144. The molecule has 0 saturated carbocycles. The van der Waals surface area contributed by atoms with Crippen LogP contribution in [0.1, 0.15) is 11.1 Å². The smallest absolute Gasteiger partial charge is 0.421 e. The number of benzene rings is 1. The number of pyridine rings is 1. The van der Waals surface area contributed by atoms with Crippen LogP contribution in [0.2, 0.25) is 0 Å². The van der Waals surface area contributed by atoms with Crippen molar-refractivity contribution in [1.29, 1.82) is 0 Å². The third-order valence-corrected chi connectivity index (χ3v) is 4.57. The van der Waals surface area contributed by atoms with Crippen molar-refractivity contribution in [2.24, 2.45) is 0 Å². The molecule has 3 heterocycles. The highest BCUT2D eigenvalue weighted by Gasteiger charge is 2.38. The molecule has 0 atom stereocenters. The highest BCUT2D eigenvalue weighted by Crippen LogP contribution is 2.35. The summed E-state index contributed by atoms with van der Waals surface area (Å²) >= 11 is 0.